The minimum absolute atomic E-state index is 0.00886. The lowest BCUT2D eigenvalue weighted by molar-refractivity contribution is -0.117. The molecule has 28 heavy (non-hydrogen) atoms. The maximum absolute atomic E-state index is 14.3. The van der Waals surface area contributed by atoms with Gasteiger partial charge in [-0.3, -0.25) is 9.59 Å². The van der Waals surface area contributed by atoms with Gasteiger partial charge in [-0.1, -0.05) is 17.7 Å². The van der Waals surface area contributed by atoms with Crippen molar-refractivity contribution >= 4 is 40.2 Å². The van der Waals surface area contributed by atoms with Gasteiger partial charge in [0.05, 0.1) is 17.0 Å². The first kappa shape index (κ1) is 19.2. The predicted molar refractivity (Wildman–Crippen MR) is 101 cm³/mol. The Hall–Kier alpha value is -3.53. The number of pyridine rings is 1. The lowest BCUT2D eigenvalue weighted by Crippen LogP contribution is -2.25. The molecule has 0 saturated carbocycles. The number of H-pyrrole nitrogens is 1. The van der Waals surface area contributed by atoms with Crippen molar-refractivity contribution in [1.82, 2.24) is 20.1 Å². The SMILES string of the molecule is N=C/C(=C\NCC(N)=O)c1nn(-c2c(F)cccc2F)c2c(Cl)c[nH]c(=O)c12. The highest BCUT2D eigenvalue weighted by Gasteiger charge is 2.23. The Morgan fingerprint density at radius 3 is 2.68 bits per heavy atom. The van der Waals surface area contributed by atoms with Gasteiger partial charge >= 0.3 is 0 Å². The van der Waals surface area contributed by atoms with Crippen molar-refractivity contribution in [3.05, 3.63) is 63.3 Å². The third-order valence-corrected chi connectivity index (χ3v) is 4.07. The fraction of sp³-hybridized carbons (Fsp3) is 0.0588. The number of amides is 1. The summed E-state index contributed by atoms with van der Waals surface area (Å²) >= 11 is 6.17. The van der Waals surface area contributed by atoms with Crippen molar-refractivity contribution < 1.29 is 13.6 Å². The number of hydrogen-bond acceptors (Lipinski definition) is 5. The third-order valence-electron chi connectivity index (χ3n) is 3.78. The second-order valence-electron chi connectivity index (χ2n) is 5.61. The van der Waals surface area contributed by atoms with E-state index < -0.39 is 28.8 Å². The fourth-order valence-electron chi connectivity index (χ4n) is 2.62. The second-order valence-corrected chi connectivity index (χ2v) is 6.02. The topological polar surface area (TPSA) is 130 Å². The number of carbonyl (C=O) groups excluding carboxylic acids is 1. The average molecular weight is 407 g/mol. The summed E-state index contributed by atoms with van der Waals surface area (Å²) < 4.78 is 29.5. The van der Waals surface area contributed by atoms with E-state index >= 15 is 0 Å². The number of nitrogens with zero attached hydrogens (tertiary/aromatic N) is 2. The standard InChI is InChI=1S/C17H13ClF2N6O2/c18-9-6-24-17(28)13-14(8(4-21)5-23-7-12(22)27)25-26(15(9)13)16-10(19)2-1-3-11(16)20/h1-6,21,23H,7H2,(H2,22,27)(H,24,28)/b8-5+,21-4?. The molecule has 5 N–H and O–H groups in total. The molecule has 11 heteroatoms. The zero-order valence-electron chi connectivity index (χ0n) is 14.1. The molecule has 0 fully saturated rings. The highest BCUT2D eigenvalue weighted by molar-refractivity contribution is 6.35. The Balaban J connectivity index is 2.34. The molecule has 0 atom stereocenters. The van der Waals surface area contributed by atoms with Gasteiger partial charge in [-0.2, -0.15) is 5.10 Å². The Morgan fingerprint density at radius 1 is 1.39 bits per heavy atom. The Morgan fingerprint density at radius 2 is 2.07 bits per heavy atom. The van der Waals surface area contributed by atoms with E-state index in [-0.39, 0.29) is 33.7 Å². The molecule has 2 heterocycles. The Kier molecular flexibility index (Phi) is 5.23. The highest BCUT2D eigenvalue weighted by Crippen LogP contribution is 2.30. The molecule has 0 unspecified atom stereocenters. The summed E-state index contributed by atoms with van der Waals surface area (Å²) in [6, 6.07) is 3.26. The number of allylic oxidation sites excluding steroid dienone is 1. The molecule has 8 nitrogen and oxygen atoms in total. The van der Waals surface area contributed by atoms with Crippen LogP contribution in [-0.4, -0.2) is 33.4 Å². The van der Waals surface area contributed by atoms with Crippen LogP contribution in [-0.2, 0) is 4.79 Å². The van der Waals surface area contributed by atoms with Crippen LogP contribution in [0.3, 0.4) is 0 Å². The molecule has 2 aromatic heterocycles. The third kappa shape index (κ3) is 3.37. The summed E-state index contributed by atoms with van der Waals surface area (Å²) in [5.74, 6) is -2.48. The van der Waals surface area contributed by atoms with Crippen LogP contribution in [0, 0.1) is 17.0 Å². The van der Waals surface area contributed by atoms with Crippen LogP contribution < -0.4 is 16.6 Å². The molecule has 3 rings (SSSR count). The van der Waals surface area contributed by atoms with E-state index in [1.54, 1.807) is 0 Å². The van der Waals surface area contributed by atoms with Crippen LogP contribution in [0.15, 0.2) is 35.4 Å². The number of benzene rings is 1. The zero-order valence-corrected chi connectivity index (χ0v) is 14.8. The number of nitrogens with two attached hydrogens (primary N) is 1. The maximum Gasteiger partial charge on any atom is 0.259 e. The van der Waals surface area contributed by atoms with Crippen LogP contribution in [0.5, 0.6) is 0 Å². The smallest absolute Gasteiger partial charge is 0.259 e. The fourth-order valence-corrected chi connectivity index (χ4v) is 2.85. The van der Waals surface area contributed by atoms with Gasteiger partial charge in [0.25, 0.3) is 5.56 Å². The quantitative estimate of drug-likeness (QED) is 0.464. The van der Waals surface area contributed by atoms with Gasteiger partial charge in [0.15, 0.2) is 11.6 Å². The molecular weight excluding hydrogens is 394 g/mol. The molecule has 0 aliphatic heterocycles. The van der Waals surface area contributed by atoms with Crippen molar-refractivity contribution in [3.8, 4) is 5.69 Å². The summed E-state index contributed by atoms with van der Waals surface area (Å²) in [5, 5.41) is 14.2. The molecule has 1 aromatic carbocycles. The average Bonchev–Trinajstić information content (AvgIpc) is 3.03. The van der Waals surface area contributed by atoms with E-state index in [0.717, 1.165) is 23.0 Å². The molecule has 0 spiro atoms. The van der Waals surface area contributed by atoms with Crippen LogP contribution in [0.2, 0.25) is 5.02 Å². The first-order valence-corrected chi connectivity index (χ1v) is 8.20. The molecule has 3 aromatic rings. The highest BCUT2D eigenvalue weighted by atomic mass is 35.5. The van der Waals surface area contributed by atoms with Gasteiger partial charge in [0.2, 0.25) is 5.91 Å². The van der Waals surface area contributed by atoms with Gasteiger partial charge in [0.1, 0.15) is 16.9 Å². The van der Waals surface area contributed by atoms with Crippen molar-refractivity contribution in [2.24, 2.45) is 5.73 Å². The number of fused-ring (bicyclic) bond motifs is 1. The van der Waals surface area contributed by atoms with Gasteiger partial charge in [-0.15, -0.1) is 0 Å². The van der Waals surface area contributed by atoms with E-state index in [9.17, 15) is 18.4 Å². The lowest BCUT2D eigenvalue weighted by Gasteiger charge is -2.07. The van der Waals surface area contributed by atoms with Crippen LogP contribution in [0.1, 0.15) is 5.69 Å². The summed E-state index contributed by atoms with van der Waals surface area (Å²) in [6.45, 7) is -0.227. The van der Waals surface area contributed by atoms with Gasteiger partial charge in [-0.25, -0.2) is 13.5 Å². The largest absolute Gasteiger partial charge is 0.382 e. The van der Waals surface area contributed by atoms with E-state index in [0.29, 0.717) is 0 Å². The number of nitrogens with one attached hydrogen (secondary N) is 3. The minimum Gasteiger partial charge on any atom is -0.382 e. The second kappa shape index (κ2) is 7.61. The van der Waals surface area contributed by atoms with Crippen LogP contribution in [0.25, 0.3) is 22.2 Å². The number of aromatic amines is 1. The van der Waals surface area contributed by atoms with Crippen LogP contribution in [0.4, 0.5) is 8.78 Å². The van der Waals surface area contributed by atoms with Gasteiger partial charge < -0.3 is 21.4 Å². The zero-order chi connectivity index (χ0) is 20.4. The minimum atomic E-state index is -0.917. The molecule has 144 valence electrons. The lowest BCUT2D eigenvalue weighted by atomic mass is 10.1. The molecule has 0 saturated heterocycles. The van der Waals surface area contributed by atoms with Crippen molar-refractivity contribution in [2.45, 2.75) is 0 Å². The van der Waals surface area contributed by atoms with E-state index in [1.165, 1.54) is 18.5 Å². The van der Waals surface area contributed by atoms with Crippen molar-refractivity contribution in [2.75, 3.05) is 6.54 Å². The van der Waals surface area contributed by atoms with E-state index in [2.05, 4.69) is 15.4 Å². The predicted octanol–water partition coefficient (Wildman–Crippen LogP) is 1.71. The van der Waals surface area contributed by atoms with Crippen molar-refractivity contribution in [3.63, 3.8) is 0 Å². The number of rotatable bonds is 6. The van der Waals surface area contributed by atoms with Crippen LogP contribution >= 0.6 is 11.6 Å². The van der Waals surface area contributed by atoms with Crippen molar-refractivity contribution in [1.29, 1.82) is 5.41 Å². The molecular formula is C17H13ClF2N6O2. The van der Waals surface area contributed by atoms with E-state index in [4.69, 9.17) is 22.7 Å². The molecule has 0 radical (unpaired) electrons. The molecule has 0 aliphatic carbocycles. The Labute approximate surface area is 161 Å². The number of aromatic nitrogens is 3. The molecule has 1 amide bonds. The summed E-state index contributed by atoms with van der Waals surface area (Å²) in [5.41, 5.74) is 3.86. The summed E-state index contributed by atoms with van der Waals surface area (Å²) in [7, 11) is 0. The monoisotopic (exact) mass is 406 g/mol. The number of hydrogen-bond donors (Lipinski definition) is 4. The Bertz CT molecular complexity index is 1160. The number of halogens is 3. The maximum atomic E-state index is 14.3. The first-order chi connectivity index (χ1) is 13.3. The normalized spacial score (nSPS) is 11.6. The number of para-hydroxylation sites is 1. The summed E-state index contributed by atoms with van der Waals surface area (Å²) in [4.78, 5) is 25.7. The van der Waals surface area contributed by atoms with Gasteiger partial charge in [0, 0.05) is 24.2 Å². The first-order valence-electron chi connectivity index (χ1n) is 7.82. The number of carbonyl (C=O) groups is 1. The number of primary amides is 1. The van der Waals surface area contributed by atoms with E-state index in [1.807, 2.05) is 0 Å². The van der Waals surface area contributed by atoms with Gasteiger partial charge in [-0.05, 0) is 12.1 Å². The molecule has 0 bridgehead atoms. The summed E-state index contributed by atoms with van der Waals surface area (Å²) in [6.07, 6.45) is 3.27. The molecule has 0 aliphatic rings.